The molecule has 0 heterocycles. The summed E-state index contributed by atoms with van der Waals surface area (Å²) in [5, 5.41) is 0.447. The normalized spacial score (nSPS) is 17.8. The Morgan fingerprint density at radius 2 is 2.20 bits per heavy atom. The largest absolute Gasteiger partial charge is 0.327 e. The SMILES string of the molecule is NC(CCc1ccc(Cl)cc1F)C1CC1. The minimum atomic E-state index is -0.217. The second kappa shape index (κ2) is 4.50. The van der Waals surface area contributed by atoms with E-state index in [0.717, 1.165) is 12.0 Å². The van der Waals surface area contributed by atoms with Crippen molar-refractivity contribution in [2.75, 3.05) is 0 Å². The van der Waals surface area contributed by atoms with Crippen LogP contribution < -0.4 is 5.73 Å². The van der Waals surface area contributed by atoms with Gasteiger partial charge in [0.25, 0.3) is 0 Å². The molecule has 1 aromatic carbocycles. The summed E-state index contributed by atoms with van der Waals surface area (Å²) < 4.78 is 13.4. The predicted molar refractivity (Wildman–Crippen MR) is 60.4 cm³/mol. The molecule has 0 spiro atoms. The number of hydrogen-bond donors (Lipinski definition) is 1. The number of rotatable bonds is 4. The Morgan fingerprint density at radius 3 is 2.80 bits per heavy atom. The van der Waals surface area contributed by atoms with E-state index < -0.39 is 0 Å². The van der Waals surface area contributed by atoms with Gasteiger partial charge in [-0.05, 0) is 49.3 Å². The second-order valence-corrected chi connectivity index (χ2v) is 4.71. The molecule has 0 radical (unpaired) electrons. The zero-order valence-corrected chi connectivity index (χ0v) is 9.30. The molecule has 1 fully saturated rings. The third-order valence-corrected chi connectivity index (χ3v) is 3.22. The van der Waals surface area contributed by atoms with Gasteiger partial charge in [0.05, 0.1) is 0 Å². The third-order valence-electron chi connectivity index (χ3n) is 2.99. The lowest BCUT2D eigenvalue weighted by Crippen LogP contribution is -2.23. The molecule has 2 rings (SSSR count). The van der Waals surface area contributed by atoms with Crippen molar-refractivity contribution >= 4 is 11.6 Å². The minimum Gasteiger partial charge on any atom is -0.327 e. The van der Waals surface area contributed by atoms with Crippen molar-refractivity contribution in [1.29, 1.82) is 0 Å². The van der Waals surface area contributed by atoms with Gasteiger partial charge in [0.1, 0.15) is 5.82 Å². The maximum atomic E-state index is 13.4. The quantitative estimate of drug-likeness (QED) is 0.840. The van der Waals surface area contributed by atoms with E-state index in [1.807, 2.05) is 0 Å². The van der Waals surface area contributed by atoms with Gasteiger partial charge in [-0.15, -0.1) is 0 Å². The van der Waals surface area contributed by atoms with Crippen molar-refractivity contribution in [3.63, 3.8) is 0 Å². The maximum Gasteiger partial charge on any atom is 0.127 e. The maximum absolute atomic E-state index is 13.4. The molecule has 1 aliphatic rings. The van der Waals surface area contributed by atoms with Crippen LogP contribution in [0.15, 0.2) is 18.2 Å². The molecule has 0 aliphatic heterocycles. The van der Waals surface area contributed by atoms with E-state index in [9.17, 15) is 4.39 Å². The van der Waals surface area contributed by atoms with E-state index in [4.69, 9.17) is 17.3 Å². The molecule has 82 valence electrons. The van der Waals surface area contributed by atoms with Crippen LogP contribution >= 0.6 is 11.6 Å². The summed E-state index contributed by atoms with van der Waals surface area (Å²) in [6.45, 7) is 0. The zero-order chi connectivity index (χ0) is 10.8. The molecule has 1 aromatic rings. The van der Waals surface area contributed by atoms with Crippen molar-refractivity contribution in [3.8, 4) is 0 Å². The summed E-state index contributed by atoms with van der Waals surface area (Å²) in [5.41, 5.74) is 6.68. The van der Waals surface area contributed by atoms with Gasteiger partial charge in [0.2, 0.25) is 0 Å². The first kappa shape index (κ1) is 10.9. The lowest BCUT2D eigenvalue weighted by molar-refractivity contribution is 0.536. The van der Waals surface area contributed by atoms with E-state index in [2.05, 4.69) is 0 Å². The van der Waals surface area contributed by atoms with Gasteiger partial charge in [0.15, 0.2) is 0 Å². The molecule has 1 unspecified atom stereocenters. The predicted octanol–water partition coefficient (Wildman–Crippen LogP) is 3.15. The summed E-state index contributed by atoms with van der Waals surface area (Å²) >= 11 is 5.68. The highest BCUT2D eigenvalue weighted by atomic mass is 35.5. The van der Waals surface area contributed by atoms with Crippen LogP contribution in [0.1, 0.15) is 24.8 Å². The highest BCUT2D eigenvalue weighted by molar-refractivity contribution is 6.30. The van der Waals surface area contributed by atoms with Crippen LogP contribution in [-0.4, -0.2) is 6.04 Å². The first-order chi connectivity index (χ1) is 7.16. The van der Waals surface area contributed by atoms with Gasteiger partial charge in [0, 0.05) is 11.1 Å². The molecule has 0 bridgehead atoms. The van der Waals surface area contributed by atoms with Crippen molar-refractivity contribution in [3.05, 3.63) is 34.6 Å². The second-order valence-electron chi connectivity index (χ2n) is 4.28. The highest BCUT2D eigenvalue weighted by Gasteiger charge is 2.28. The average Bonchev–Trinajstić information content (AvgIpc) is 2.99. The summed E-state index contributed by atoms with van der Waals surface area (Å²) in [6.07, 6.45) is 4.05. The van der Waals surface area contributed by atoms with E-state index in [0.29, 0.717) is 17.4 Å². The Balaban J connectivity index is 1.92. The van der Waals surface area contributed by atoms with Crippen LogP contribution in [0.3, 0.4) is 0 Å². The topological polar surface area (TPSA) is 26.0 Å². The first-order valence-corrected chi connectivity index (χ1v) is 5.74. The Morgan fingerprint density at radius 1 is 1.47 bits per heavy atom. The molecule has 15 heavy (non-hydrogen) atoms. The van der Waals surface area contributed by atoms with Crippen LogP contribution in [0.25, 0.3) is 0 Å². The molecule has 1 atom stereocenters. The Hall–Kier alpha value is -0.600. The first-order valence-electron chi connectivity index (χ1n) is 5.36. The zero-order valence-electron chi connectivity index (χ0n) is 8.55. The van der Waals surface area contributed by atoms with Gasteiger partial charge in [-0.25, -0.2) is 4.39 Å². The van der Waals surface area contributed by atoms with Gasteiger partial charge >= 0.3 is 0 Å². The molecular weight excluding hydrogens is 213 g/mol. The summed E-state index contributed by atoms with van der Waals surface area (Å²) in [5.74, 6) is 0.464. The smallest absolute Gasteiger partial charge is 0.127 e. The Bertz CT molecular complexity index is 349. The van der Waals surface area contributed by atoms with E-state index in [-0.39, 0.29) is 11.9 Å². The summed E-state index contributed by atoms with van der Waals surface area (Å²) in [4.78, 5) is 0. The monoisotopic (exact) mass is 227 g/mol. The van der Waals surface area contributed by atoms with Crippen molar-refractivity contribution in [2.45, 2.75) is 31.7 Å². The summed E-state index contributed by atoms with van der Waals surface area (Å²) in [7, 11) is 0. The lowest BCUT2D eigenvalue weighted by Gasteiger charge is -2.10. The summed E-state index contributed by atoms with van der Waals surface area (Å²) in [6, 6.07) is 5.07. The molecule has 1 saturated carbocycles. The average molecular weight is 228 g/mol. The van der Waals surface area contributed by atoms with E-state index in [1.165, 1.54) is 18.9 Å². The van der Waals surface area contributed by atoms with Gasteiger partial charge in [-0.2, -0.15) is 0 Å². The van der Waals surface area contributed by atoms with Gasteiger partial charge in [-0.3, -0.25) is 0 Å². The van der Waals surface area contributed by atoms with Crippen LogP contribution in [-0.2, 0) is 6.42 Å². The van der Waals surface area contributed by atoms with Crippen LogP contribution in [0.5, 0.6) is 0 Å². The fourth-order valence-electron chi connectivity index (χ4n) is 1.81. The Labute approximate surface area is 94.4 Å². The van der Waals surface area contributed by atoms with Crippen molar-refractivity contribution in [1.82, 2.24) is 0 Å². The van der Waals surface area contributed by atoms with Crippen molar-refractivity contribution < 1.29 is 4.39 Å². The fraction of sp³-hybridized carbons (Fsp3) is 0.500. The highest BCUT2D eigenvalue weighted by Crippen LogP contribution is 2.33. The molecule has 3 heteroatoms. The standard InChI is InChI=1S/C12H15ClFN/c13-10-5-3-8(11(14)7-10)4-6-12(15)9-1-2-9/h3,5,7,9,12H,1-2,4,6,15H2. The number of benzene rings is 1. The molecule has 0 amide bonds. The number of halogens is 2. The number of nitrogens with two attached hydrogens (primary N) is 1. The minimum absolute atomic E-state index is 0.217. The molecule has 1 nitrogen and oxygen atoms in total. The molecule has 2 N–H and O–H groups in total. The van der Waals surface area contributed by atoms with Crippen LogP contribution in [0.2, 0.25) is 5.02 Å². The molecular formula is C12H15ClFN. The van der Waals surface area contributed by atoms with Crippen molar-refractivity contribution in [2.24, 2.45) is 11.7 Å². The van der Waals surface area contributed by atoms with E-state index >= 15 is 0 Å². The molecule has 1 aliphatic carbocycles. The van der Waals surface area contributed by atoms with Crippen LogP contribution in [0.4, 0.5) is 4.39 Å². The molecule has 0 saturated heterocycles. The van der Waals surface area contributed by atoms with Crippen LogP contribution in [0, 0.1) is 11.7 Å². The van der Waals surface area contributed by atoms with E-state index in [1.54, 1.807) is 12.1 Å². The van der Waals surface area contributed by atoms with Gasteiger partial charge in [-0.1, -0.05) is 17.7 Å². The Kier molecular flexibility index (Phi) is 3.27. The fourth-order valence-corrected chi connectivity index (χ4v) is 1.97. The molecule has 0 aromatic heterocycles. The lowest BCUT2D eigenvalue weighted by atomic mass is 10.0. The van der Waals surface area contributed by atoms with Gasteiger partial charge < -0.3 is 5.73 Å². The number of aryl methyl sites for hydroxylation is 1. The number of hydrogen-bond acceptors (Lipinski definition) is 1. The third kappa shape index (κ3) is 2.93.